The Morgan fingerprint density at radius 2 is 2.00 bits per heavy atom. The van der Waals surface area contributed by atoms with Gasteiger partial charge in [-0.2, -0.15) is 0 Å². The minimum absolute atomic E-state index is 0.0818. The van der Waals surface area contributed by atoms with Crippen molar-refractivity contribution in [3.63, 3.8) is 0 Å². The van der Waals surface area contributed by atoms with Crippen LogP contribution in [0, 0.1) is 16.0 Å². The monoisotopic (exact) mass is 317 g/mol. The molecule has 0 saturated heterocycles. The van der Waals surface area contributed by atoms with Gasteiger partial charge in [0.25, 0.3) is 0 Å². The first-order valence-corrected chi connectivity index (χ1v) is 7.71. The van der Waals surface area contributed by atoms with E-state index in [4.69, 9.17) is 0 Å². The largest absolute Gasteiger partial charge is 0.388 e. The summed E-state index contributed by atoms with van der Waals surface area (Å²) in [6, 6.07) is 6.96. The zero-order valence-electron chi connectivity index (χ0n) is 13.9. The van der Waals surface area contributed by atoms with Gasteiger partial charge in [0, 0.05) is 5.39 Å². The Labute approximate surface area is 135 Å². The molecule has 2 rings (SSSR count). The number of hydrogen-bond donors (Lipinski definition) is 2. The molecular weight excluding hydrogens is 294 g/mol. The van der Waals surface area contributed by atoms with E-state index < -0.39 is 10.5 Å². The fourth-order valence-electron chi connectivity index (χ4n) is 2.59. The predicted molar refractivity (Wildman–Crippen MR) is 91.6 cm³/mol. The molecule has 6 nitrogen and oxygen atoms in total. The van der Waals surface area contributed by atoms with E-state index in [1.165, 1.54) is 6.20 Å². The van der Waals surface area contributed by atoms with Gasteiger partial charge in [-0.15, -0.1) is 0 Å². The SMILES string of the molecule is CC(C)C[C@@H](Nc1c([N+](=O)[O-])cnc2ccccc12)C(C)(C)O. The number of rotatable bonds is 6. The van der Waals surface area contributed by atoms with Gasteiger partial charge in [-0.05, 0) is 32.3 Å². The molecular formula is C17H23N3O3. The van der Waals surface area contributed by atoms with Gasteiger partial charge in [0.1, 0.15) is 11.9 Å². The molecule has 0 fully saturated rings. The molecule has 0 spiro atoms. The van der Waals surface area contributed by atoms with E-state index in [-0.39, 0.29) is 11.7 Å². The minimum atomic E-state index is -1.01. The van der Waals surface area contributed by atoms with Gasteiger partial charge in [-0.1, -0.05) is 32.0 Å². The Kier molecular flexibility index (Phi) is 4.85. The molecule has 0 unspecified atom stereocenters. The van der Waals surface area contributed by atoms with E-state index in [1.54, 1.807) is 19.9 Å². The predicted octanol–water partition coefficient (Wildman–Crippen LogP) is 3.74. The average Bonchev–Trinajstić information content (AvgIpc) is 2.45. The molecule has 6 heteroatoms. The molecule has 124 valence electrons. The van der Waals surface area contributed by atoms with Crippen LogP contribution < -0.4 is 5.32 Å². The molecule has 1 heterocycles. The fraction of sp³-hybridized carbons (Fsp3) is 0.471. The van der Waals surface area contributed by atoms with Crippen LogP contribution in [0.25, 0.3) is 10.9 Å². The number of para-hydroxylation sites is 1. The van der Waals surface area contributed by atoms with Crippen molar-refractivity contribution in [2.24, 2.45) is 5.92 Å². The number of aromatic nitrogens is 1. The normalized spacial score (nSPS) is 13.3. The number of hydrogen-bond acceptors (Lipinski definition) is 5. The average molecular weight is 317 g/mol. The van der Waals surface area contributed by atoms with E-state index in [1.807, 2.05) is 18.2 Å². The molecule has 0 amide bonds. The Hall–Kier alpha value is -2.21. The van der Waals surface area contributed by atoms with Gasteiger partial charge in [-0.25, -0.2) is 4.98 Å². The topological polar surface area (TPSA) is 88.3 Å². The molecule has 1 aromatic heterocycles. The van der Waals surface area contributed by atoms with Crippen LogP contribution in [0.3, 0.4) is 0 Å². The maximum atomic E-state index is 11.4. The number of aliphatic hydroxyl groups is 1. The highest BCUT2D eigenvalue weighted by Crippen LogP contribution is 2.34. The molecule has 23 heavy (non-hydrogen) atoms. The third-order valence-corrected chi connectivity index (χ3v) is 3.83. The fourth-order valence-corrected chi connectivity index (χ4v) is 2.59. The first-order valence-electron chi connectivity index (χ1n) is 7.71. The molecule has 2 N–H and O–H groups in total. The third-order valence-electron chi connectivity index (χ3n) is 3.83. The van der Waals surface area contributed by atoms with Crippen LogP contribution in [-0.2, 0) is 0 Å². The summed E-state index contributed by atoms with van der Waals surface area (Å²) in [5, 5.41) is 25.7. The van der Waals surface area contributed by atoms with E-state index >= 15 is 0 Å². The van der Waals surface area contributed by atoms with E-state index in [2.05, 4.69) is 24.1 Å². The maximum absolute atomic E-state index is 11.4. The molecule has 0 aliphatic carbocycles. The highest BCUT2D eigenvalue weighted by molar-refractivity contribution is 5.95. The van der Waals surface area contributed by atoms with E-state index in [0.29, 0.717) is 28.9 Å². The zero-order valence-corrected chi connectivity index (χ0v) is 13.9. The van der Waals surface area contributed by atoms with Gasteiger partial charge in [0.05, 0.1) is 22.1 Å². The van der Waals surface area contributed by atoms with Crippen molar-refractivity contribution in [3.8, 4) is 0 Å². The van der Waals surface area contributed by atoms with Crippen LogP contribution in [0.5, 0.6) is 0 Å². The van der Waals surface area contributed by atoms with Crippen molar-refractivity contribution in [2.45, 2.75) is 45.8 Å². The molecule has 0 bridgehead atoms. The van der Waals surface area contributed by atoms with Crippen LogP contribution in [-0.4, -0.2) is 26.7 Å². The standard InChI is InChI=1S/C17H23N3O3/c1-11(2)9-15(17(3,4)21)19-16-12-7-5-6-8-13(12)18-10-14(16)20(22)23/h5-8,10-11,15,21H,9H2,1-4H3,(H,18,19)/t15-/m1/s1. The lowest BCUT2D eigenvalue weighted by molar-refractivity contribution is -0.384. The number of anilines is 1. The van der Waals surface area contributed by atoms with Gasteiger partial charge in [-0.3, -0.25) is 10.1 Å². The van der Waals surface area contributed by atoms with Gasteiger partial charge >= 0.3 is 5.69 Å². The summed E-state index contributed by atoms with van der Waals surface area (Å²) in [6.07, 6.45) is 1.96. The summed E-state index contributed by atoms with van der Waals surface area (Å²) in [4.78, 5) is 15.1. The molecule has 0 saturated carbocycles. The number of pyridine rings is 1. The summed E-state index contributed by atoms with van der Waals surface area (Å²) in [7, 11) is 0. The number of nitrogens with zero attached hydrogens (tertiary/aromatic N) is 2. The van der Waals surface area contributed by atoms with Gasteiger partial charge < -0.3 is 10.4 Å². The lowest BCUT2D eigenvalue weighted by atomic mass is 9.90. The Morgan fingerprint density at radius 1 is 1.35 bits per heavy atom. The van der Waals surface area contributed by atoms with Gasteiger partial charge in [0.15, 0.2) is 0 Å². The molecule has 1 atom stereocenters. The second kappa shape index (κ2) is 6.50. The number of nitrogens with one attached hydrogen (secondary N) is 1. The van der Waals surface area contributed by atoms with Crippen molar-refractivity contribution in [2.75, 3.05) is 5.32 Å². The van der Waals surface area contributed by atoms with Crippen molar-refractivity contribution >= 4 is 22.3 Å². The maximum Gasteiger partial charge on any atom is 0.311 e. The van der Waals surface area contributed by atoms with Gasteiger partial charge in [0.2, 0.25) is 0 Å². The second-order valence-electron chi connectivity index (χ2n) is 6.77. The first-order chi connectivity index (χ1) is 10.7. The van der Waals surface area contributed by atoms with E-state index in [9.17, 15) is 15.2 Å². The lowest BCUT2D eigenvalue weighted by Crippen LogP contribution is -2.43. The molecule has 2 aromatic rings. The summed E-state index contributed by atoms with van der Waals surface area (Å²) < 4.78 is 0. The van der Waals surface area contributed by atoms with Crippen LogP contribution >= 0.6 is 0 Å². The van der Waals surface area contributed by atoms with Crippen molar-refractivity contribution < 1.29 is 10.0 Å². The number of nitro groups is 1. The van der Waals surface area contributed by atoms with Crippen LogP contribution in [0.15, 0.2) is 30.5 Å². The second-order valence-corrected chi connectivity index (χ2v) is 6.77. The van der Waals surface area contributed by atoms with E-state index in [0.717, 1.165) is 0 Å². The van der Waals surface area contributed by atoms with Crippen molar-refractivity contribution in [1.29, 1.82) is 0 Å². The van der Waals surface area contributed by atoms with Crippen LogP contribution in [0.4, 0.5) is 11.4 Å². The minimum Gasteiger partial charge on any atom is -0.388 e. The Morgan fingerprint density at radius 3 is 2.57 bits per heavy atom. The first kappa shape index (κ1) is 17.1. The smallest absolute Gasteiger partial charge is 0.311 e. The van der Waals surface area contributed by atoms with Crippen molar-refractivity contribution in [1.82, 2.24) is 4.98 Å². The summed E-state index contributed by atoms with van der Waals surface area (Å²) in [5.41, 5.74) is -0.00239. The zero-order chi connectivity index (χ0) is 17.2. The summed E-state index contributed by atoms with van der Waals surface area (Å²) in [5.74, 6) is 0.339. The van der Waals surface area contributed by atoms with Crippen molar-refractivity contribution in [3.05, 3.63) is 40.6 Å². The van der Waals surface area contributed by atoms with Crippen LogP contribution in [0.1, 0.15) is 34.1 Å². The molecule has 0 radical (unpaired) electrons. The van der Waals surface area contributed by atoms with Crippen LogP contribution in [0.2, 0.25) is 0 Å². The third kappa shape index (κ3) is 3.96. The lowest BCUT2D eigenvalue weighted by Gasteiger charge is -2.32. The summed E-state index contributed by atoms with van der Waals surface area (Å²) >= 11 is 0. The quantitative estimate of drug-likeness (QED) is 0.626. The molecule has 1 aromatic carbocycles. The summed E-state index contributed by atoms with van der Waals surface area (Å²) in [6.45, 7) is 7.53. The Bertz CT molecular complexity index is 708. The Balaban J connectivity index is 2.55. The number of fused-ring (bicyclic) bond motifs is 1. The highest BCUT2D eigenvalue weighted by atomic mass is 16.6. The molecule has 0 aliphatic heterocycles. The number of benzene rings is 1. The molecule has 0 aliphatic rings. The highest BCUT2D eigenvalue weighted by Gasteiger charge is 2.30.